The van der Waals surface area contributed by atoms with E-state index in [1.807, 2.05) is 19.9 Å². The van der Waals surface area contributed by atoms with Gasteiger partial charge in [0.05, 0.1) is 0 Å². The summed E-state index contributed by atoms with van der Waals surface area (Å²) in [5.41, 5.74) is 0. The molecular weight excluding hydrogens is 326 g/mol. The lowest BCUT2D eigenvalue weighted by Gasteiger charge is -2.16. The molecule has 0 aliphatic heterocycles. The summed E-state index contributed by atoms with van der Waals surface area (Å²) in [5, 5.41) is 11.5. The monoisotopic (exact) mass is 343 g/mol. The first-order chi connectivity index (χ1) is 9.38. The van der Waals surface area contributed by atoms with Gasteiger partial charge in [0.25, 0.3) is 5.91 Å². The van der Waals surface area contributed by atoms with Crippen LogP contribution in [0.25, 0.3) is 0 Å². The number of carboxylic acid groups (broad SMARTS) is 1. The Bertz CT molecular complexity index is 476. The first kappa shape index (κ1) is 16.5. The number of hydrogen-bond donors (Lipinski definition) is 2. The van der Waals surface area contributed by atoms with Gasteiger partial charge in [-0.3, -0.25) is 4.79 Å². The molecular formula is C14H18BrNO4. The lowest BCUT2D eigenvalue weighted by Crippen LogP contribution is -2.43. The van der Waals surface area contributed by atoms with Crippen molar-refractivity contribution in [1.82, 2.24) is 5.32 Å². The predicted molar refractivity (Wildman–Crippen MR) is 78.7 cm³/mol. The highest BCUT2D eigenvalue weighted by atomic mass is 79.9. The zero-order valence-corrected chi connectivity index (χ0v) is 13.0. The number of carbonyl (C=O) groups excluding carboxylic acids is 1. The SMILES string of the molecule is CC(C)C[C@H](NC(=O)COc1cccc(Br)c1)C(=O)O. The van der Waals surface area contributed by atoms with Gasteiger partial charge in [0.2, 0.25) is 0 Å². The lowest BCUT2D eigenvalue weighted by atomic mass is 10.0. The highest BCUT2D eigenvalue weighted by molar-refractivity contribution is 9.10. The molecule has 0 spiro atoms. The van der Waals surface area contributed by atoms with Gasteiger partial charge in [-0.15, -0.1) is 0 Å². The van der Waals surface area contributed by atoms with Crippen LogP contribution < -0.4 is 10.1 Å². The highest BCUT2D eigenvalue weighted by Crippen LogP contribution is 2.17. The average Bonchev–Trinajstić information content (AvgIpc) is 2.35. The summed E-state index contributed by atoms with van der Waals surface area (Å²) in [7, 11) is 0. The first-order valence-electron chi connectivity index (χ1n) is 6.29. The smallest absolute Gasteiger partial charge is 0.326 e. The molecule has 1 amide bonds. The molecule has 0 fully saturated rings. The van der Waals surface area contributed by atoms with Gasteiger partial charge in [0.1, 0.15) is 11.8 Å². The Hall–Kier alpha value is -1.56. The highest BCUT2D eigenvalue weighted by Gasteiger charge is 2.21. The number of carboxylic acids is 1. The normalized spacial score (nSPS) is 12.0. The van der Waals surface area contributed by atoms with E-state index in [2.05, 4.69) is 21.2 Å². The summed E-state index contributed by atoms with van der Waals surface area (Å²) in [6.45, 7) is 3.60. The minimum Gasteiger partial charge on any atom is -0.484 e. The Morgan fingerprint density at radius 1 is 1.40 bits per heavy atom. The van der Waals surface area contributed by atoms with E-state index in [-0.39, 0.29) is 12.5 Å². The fourth-order valence-electron chi connectivity index (χ4n) is 1.63. The number of aliphatic carboxylic acids is 1. The van der Waals surface area contributed by atoms with E-state index < -0.39 is 17.9 Å². The van der Waals surface area contributed by atoms with Crippen molar-refractivity contribution in [1.29, 1.82) is 0 Å². The van der Waals surface area contributed by atoms with Crippen molar-refractivity contribution in [3.8, 4) is 5.75 Å². The van der Waals surface area contributed by atoms with Gasteiger partial charge in [-0.2, -0.15) is 0 Å². The van der Waals surface area contributed by atoms with Gasteiger partial charge in [-0.1, -0.05) is 35.8 Å². The Labute approximate surface area is 126 Å². The third-order valence-corrected chi connectivity index (χ3v) is 3.00. The van der Waals surface area contributed by atoms with Crippen LogP contribution in [0.5, 0.6) is 5.75 Å². The summed E-state index contributed by atoms with van der Waals surface area (Å²) >= 11 is 3.30. The Kier molecular flexibility index (Phi) is 6.51. The number of ether oxygens (including phenoxy) is 1. The maximum atomic E-state index is 11.7. The molecule has 0 unspecified atom stereocenters. The molecule has 6 heteroatoms. The second-order valence-electron chi connectivity index (χ2n) is 4.83. The van der Waals surface area contributed by atoms with Gasteiger partial charge in [-0.05, 0) is 30.5 Å². The van der Waals surface area contributed by atoms with Crippen molar-refractivity contribution in [3.63, 3.8) is 0 Å². The van der Waals surface area contributed by atoms with E-state index in [0.29, 0.717) is 12.2 Å². The molecule has 1 aromatic carbocycles. The average molecular weight is 344 g/mol. The summed E-state index contributed by atoms with van der Waals surface area (Å²) in [5.74, 6) is -0.750. The van der Waals surface area contributed by atoms with Crippen molar-refractivity contribution in [2.45, 2.75) is 26.3 Å². The first-order valence-corrected chi connectivity index (χ1v) is 7.08. The van der Waals surface area contributed by atoms with Crippen molar-refractivity contribution in [2.75, 3.05) is 6.61 Å². The quantitative estimate of drug-likeness (QED) is 0.797. The third kappa shape index (κ3) is 6.06. The van der Waals surface area contributed by atoms with Crippen LogP contribution in [-0.4, -0.2) is 29.6 Å². The Morgan fingerprint density at radius 3 is 2.65 bits per heavy atom. The van der Waals surface area contributed by atoms with Gasteiger partial charge in [-0.25, -0.2) is 4.79 Å². The maximum absolute atomic E-state index is 11.7. The van der Waals surface area contributed by atoms with Crippen LogP contribution in [0.3, 0.4) is 0 Å². The molecule has 20 heavy (non-hydrogen) atoms. The molecule has 1 aromatic rings. The number of benzene rings is 1. The summed E-state index contributed by atoms with van der Waals surface area (Å²) in [6.07, 6.45) is 0.387. The topological polar surface area (TPSA) is 75.6 Å². The van der Waals surface area contributed by atoms with E-state index in [1.165, 1.54) is 0 Å². The molecule has 1 rings (SSSR count). The van der Waals surface area contributed by atoms with Crippen LogP contribution in [0.1, 0.15) is 20.3 Å². The maximum Gasteiger partial charge on any atom is 0.326 e. The fraction of sp³-hybridized carbons (Fsp3) is 0.429. The summed E-state index contributed by atoms with van der Waals surface area (Å²) in [6, 6.07) is 6.21. The molecule has 0 saturated heterocycles. The molecule has 0 aliphatic carbocycles. The largest absolute Gasteiger partial charge is 0.484 e. The minimum atomic E-state index is -1.03. The van der Waals surface area contributed by atoms with Crippen molar-refractivity contribution >= 4 is 27.8 Å². The number of nitrogens with one attached hydrogen (secondary N) is 1. The fourth-order valence-corrected chi connectivity index (χ4v) is 2.01. The van der Waals surface area contributed by atoms with Gasteiger partial charge in [0.15, 0.2) is 6.61 Å². The van der Waals surface area contributed by atoms with Gasteiger partial charge >= 0.3 is 5.97 Å². The molecule has 0 aromatic heterocycles. The van der Waals surface area contributed by atoms with E-state index >= 15 is 0 Å². The van der Waals surface area contributed by atoms with Gasteiger partial charge < -0.3 is 15.2 Å². The number of carbonyl (C=O) groups is 2. The molecule has 0 saturated carbocycles. The summed E-state index contributed by atoms with van der Waals surface area (Å²) in [4.78, 5) is 22.7. The Morgan fingerprint density at radius 2 is 2.10 bits per heavy atom. The molecule has 0 bridgehead atoms. The van der Waals surface area contributed by atoms with Crippen LogP contribution in [0.2, 0.25) is 0 Å². The molecule has 0 aliphatic rings. The number of amides is 1. The molecule has 5 nitrogen and oxygen atoms in total. The van der Waals surface area contributed by atoms with Crippen molar-refractivity contribution < 1.29 is 19.4 Å². The van der Waals surface area contributed by atoms with E-state index in [1.54, 1.807) is 18.2 Å². The number of rotatable bonds is 7. The minimum absolute atomic E-state index is 0.183. The molecule has 0 heterocycles. The second kappa shape index (κ2) is 7.89. The van der Waals surface area contributed by atoms with E-state index in [9.17, 15) is 9.59 Å². The van der Waals surface area contributed by atoms with Gasteiger partial charge in [0, 0.05) is 4.47 Å². The predicted octanol–water partition coefficient (Wildman–Crippen LogP) is 2.44. The van der Waals surface area contributed by atoms with Crippen LogP contribution in [-0.2, 0) is 9.59 Å². The Balaban J connectivity index is 2.47. The lowest BCUT2D eigenvalue weighted by molar-refractivity contribution is -0.142. The third-order valence-electron chi connectivity index (χ3n) is 2.51. The number of hydrogen-bond acceptors (Lipinski definition) is 3. The van der Waals surface area contributed by atoms with E-state index in [4.69, 9.17) is 9.84 Å². The molecule has 0 radical (unpaired) electrons. The summed E-state index contributed by atoms with van der Waals surface area (Å²) < 4.78 is 6.15. The van der Waals surface area contributed by atoms with Crippen LogP contribution >= 0.6 is 15.9 Å². The van der Waals surface area contributed by atoms with Crippen LogP contribution in [0.4, 0.5) is 0 Å². The molecule has 2 N–H and O–H groups in total. The van der Waals surface area contributed by atoms with Crippen LogP contribution in [0.15, 0.2) is 28.7 Å². The molecule has 1 atom stereocenters. The standard InChI is InChI=1S/C14H18BrNO4/c1-9(2)6-12(14(18)19)16-13(17)8-20-11-5-3-4-10(15)7-11/h3-5,7,9,12H,6,8H2,1-2H3,(H,16,17)(H,18,19)/t12-/m0/s1. The van der Waals surface area contributed by atoms with Crippen molar-refractivity contribution in [3.05, 3.63) is 28.7 Å². The second-order valence-corrected chi connectivity index (χ2v) is 5.75. The molecule has 110 valence electrons. The van der Waals surface area contributed by atoms with Crippen molar-refractivity contribution in [2.24, 2.45) is 5.92 Å². The zero-order chi connectivity index (χ0) is 15.1. The van der Waals surface area contributed by atoms with Crippen LogP contribution in [0, 0.1) is 5.92 Å². The zero-order valence-electron chi connectivity index (χ0n) is 11.4. The van der Waals surface area contributed by atoms with E-state index in [0.717, 1.165) is 4.47 Å². The number of halogens is 1.